The standard InChI is InChI=1S/C12H11F2NO3S/c1-2-7-15-11(16)8-9-3-5-10(6-4-9)19(17,18)12(13)14/h1,3-6,12H,7-8H2,(H,15,16). The van der Waals surface area contributed by atoms with Crippen molar-refractivity contribution in [3.63, 3.8) is 0 Å². The Kier molecular flexibility index (Phi) is 5.01. The highest BCUT2D eigenvalue weighted by Crippen LogP contribution is 2.18. The molecule has 1 rings (SSSR count). The summed E-state index contributed by atoms with van der Waals surface area (Å²) in [5.74, 6) is -1.56. The van der Waals surface area contributed by atoms with Crippen molar-refractivity contribution in [3.8, 4) is 12.3 Å². The van der Waals surface area contributed by atoms with Gasteiger partial charge in [0.2, 0.25) is 15.7 Å². The van der Waals surface area contributed by atoms with Crippen molar-refractivity contribution in [1.29, 1.82) is 0 Å². The maximum absolute atomic E-state index is 12.3. The first kappa shape index (κ1) is 15.1. The van der Waals surface area contributed by atoms with Gasteiger partial charge in [-0.2, -0.15) is 8.78 Å². The third-order valence-corrected chi connectivity index (χ3v) is 3.64. The molecule has 0 saturated heterocycles. The molecule has 1 aromatic carbocycles. The Hall–Kier alpha value is -1.94. The van der Waals surface area contributed by atoms with Crippen molar-refractivity contribution in [2.75, 3.05) is 6.54 Å². The Balaban J connectivity index is 2.78. The van der Waals surface area contributed by atoms with Crippen LogP contribution in [-0.2, 0) is 21.1 Å². The molecule has 0 aliphatic heterocycles. The number of carbonyl (C=O) groups is 1. The summed E-state index contributed by atoms with van der Waals surface area (Å²) in [5.41, 5.74) is 0.503. The molecule has 0 aromatic heterocycles. The van der Waals surface area contributed by atoms with E-state index in [0.717, 1.165) is 12.1 Å². The lowest BCUT2D eigenvalue weighted by Gasteiger charge is -2.05. The summed E-state index contributed by atoms with van der Waals surface area (Å²) in [6, 6.07) is 4.71. The van der Waals surface area contributed by atoms with Gasteiger partial charge in [0.05, 0.1) is 17.9 Å². The quantitative estimate of drug-likeness (QED) is 0.821. The van der Waals surface area contributed by atoms with E-state index < -0.39 is 20.5 Å². The fraction of sp³-hybridized carbons (Fsp3) is 0.250. The van der Waals surface area contributed by atoms with Crippen LogP contribution in [0.5, 0.6) is 0 Å². The minimum absolute atomic E-state index is 0.00329. The Bertz CT molecular complexity index is 588. The van der Waals surface area contributed by atoms with Crippen LogP contribution in [0, 0.1) is 12.3 Å². The molecule has 0 heterocycles. The smallest absolute Gasteiger partial charge is 0.341 e. The fourth-order valence-corrected chi connectivity index (χ4v) is 2.02. The lowest BCUT2D eigenvalue weighted by molar-refractivity contribution is -0.120. The second-order valence-corrected chi connectivity index (χ2v) is 5.53. The summed E-state index contributed by atoms with van der Waals surface area (Å²) in [6.45, 7) is 0.0939. The summed E-state index contributed by atoms with van der Waals surface area (Å²) in [6.07, 6.45) is 4.96. The maximum atomic E-state index is 12.3. The van der Waals surface area contributed by atoms with Gasteiger partial charge in [-0.25, -0.2) is 8.42 Å². The molecule has 0 fully saturated rings. The monoisotopic (exact) mass is 287 g/mol. The molecule has 1 N–H and O–H groups in total. The van der Waals surface area contributed by atoms with Crippen molar-refractivity contribution in [2.24, 2.45) is 0 Å². The third-order valence-electron chi connectivity index (χ3n) is 2.24. The van der Waals surface area contributed by atoms with Gasteiger partial charge < -0.3 is 5.32 Å². The lowest BCUT2D eigenvalue weighted by Crippen LogP contribution is -2.25. The molecular weight excluding hydrogens is 276 g/mol. The molecule has 0 atom stereocenters. The normalized spacial score (nSPS) is 11.1. The first-order valence-corrected chi connectivity index (χ1v) is 6.73. The zero-order valence-corrected chi connectivity index (χ0v) is 10.6. The Morgan fingerprint density at radius 1 is 1.32 bits per heavy atom. The van der Waals surface area contributed by atoms with Crippen molar-refractivity contribution in [2.45, 2.75) is 17.1 Å². The van der Waals surface area contributed by atoms with E-state index in [2.05, 4.69) is 11.2 Å². The van der Waals surface area contributed by atoms with Gasteiger partial charge in [-0.3, -0.25) is 4.79 Å². The second kappa shape index (κ2) is 6.29. The van der Waals surface area contributed by atoms with E-state index in [4.69, 9.17) is 6.42 Å². The molecule has 7 heteroatoms. The number of terminal acetylenes is 1. The largest absolute Gasteiger partial charge is 0.345 e. The Morgan fingerprint density at radius 3 is 2.37 bits per heavy atom. The van der Waals surface area contributed by atoms with Crippen LogP contribution in [0.15, 0.2) is 29.2 Å². The van der Waals surface area contributed by atoms with E-state index in [1.807, 2.05) is 0 Å². The highest BCUT2D eigenvalue weighted by Gasteiger charge is 2.26. The highest BCUT2D eigenvalue weighted by atomic mass is 32.2. The van der Waals surface area contributed by atoms with Crippen LogP contribution in [0.2, 0.25) is 0 Å². The van der Waals surface area contributed by atoms with Crippen molar-refractivity contribution >= 4 is 15.7 Å². The van der Waals surface area contributed by atoms with Gasteiger partial charge in [0.25, 0.3) is 0 Å². The molecule has 0 radical (unpaired) electrons. The van der Waals surface area contributed by atoms with Crippen LogP contribution in [-0.4, -0.2) is 26.6 Å². The van der Waals surface area contributed by atoms with Gasteiger partial charge >= 0.3 is 5.76 Å². The van der Waals surface area contributed by atoms with Gasteiger partial charge in [-0.15, -0.1) is 6.42 Å². The van der Waals surface area contributed by atoms with E-state index >= 15 is 0 Å². The van der Waals surface area contributed by atoms with Gasteiger partial charge in [0.15, 0.2) is 0 Å². The van der Waals surface area contributed by atoms with E-state index in [1.54, 1.807) is 0 Å². The fourth-order valence-electron chi connectivity index (χ4n) is 1.30. The van der Waals surface area contributed by atoms with Crippen molar-refractivity contribution < 1.29 is 22.0 Å². The summed E-state index contributed by atoms with van der Waals surface area (Å²) in [5, 5.41) is 2.43. The second-order valence-electron chi connectivity index (χ2n) is 3.61. The van der Waals surface area contributed by atoms with Gasteiger partial charge in [0.1, 0.15) is 0 Å². The molecule has 1 aromatic rings. The molecule has 19 heavy (non-hydrogen) atoms. The van der Waals surface area contributed by atoms with Crippen LogP contribution >= 0.6 is 0 Å². The molecule has 0 spiro atoms. The van der Waals surface area contributed by atoms with Gasteiger partial charge in [-0.05, 0) is 17.7 Å². The van der Waals surface area contributed by atoms with E-state index in [9.17, 15) is 22.0 Å². The van der Waals surface area contributed by atoms with Crippen molar-refractivity contribution in [1.82, 2.24) is 5.32 Å². The third kappa shape index (κ3) is 4.03. The van der Waals surface area contributed by atoms with Crippen LogP contribution < -0.4 is 5.32 Å². The Morgan fingerprint density at radius 2 is 1.89 bits per heavy atom. The number of hydrogen-bond acceptors (Lipinski definition) is 3. The van der Waals surface area contributed by atoms with E-state index in [-0.39, 0.29) is 18.9 Å². The molecule has 4 nitrogen and oxygen atoms in total. The number of rotatable bonds is 5. The van der Waals surface area contributed by atoms with Gasteiger partial charge in [0, 0.05) is 0 Å². The summed E-state index contributed by atoms with van der Waals surface area (Å²) in [4.78, 5) is 10.8. The molecule has 0 unspecified atom stereocenters. The first-order chi connectivity index (χ1) is 8.87. The molecule has 0 saturated carbocycles. The first-order valence-electron chi connectivity index (χ1n) is 5.19. The number of alkyl halides is 2. The summed E-state index contributed by atoms with van der Waals surface area (Å²) < 4.78 is 46.9. The SMILES string of the molecule is C#CCNC(=O)Cc1ccc(S(=O)(=O)C(F)F)cc1. The molecule has 0 aliphatic carbocycles. The zero-order valence-electron chi connectivity index (χ0n) is 9.77. The number of carbonyl (C=O) groups excluding carboxylic acids is 1. The predicted octanol–water partition coefficient (Wildman–Crippen LogP) is 0.975. The minimum atomic E-state index is -4.60. The number of hydrogen-bond donors (Lipinski definition) is 1. The van der Waals surface area contributed by atoms with E-state index in [1.165, 1.54) is 12.1 Å². The predicted molar refractivity (Wildman–Crippen MR) is 65.2 cm³/mol. The summed E-state index contributed by atoms with van der Waals surface area (Å²) >= 11 is 0. The minimum Gasteiger partial charge on any atom is -0.345 e. The molecule has 0 aliphatic rings. The maximum Gasteiger partial charge on any atom is 0.341 e. The topological polar surface area (TPSA) is 63.2 Å². The van der Waals surface area contributed by atoms with Crippen molar-refractivity contribution in [3.05, 3.63) is 29.8 Å². The summed E-state index contributed by atoms with van der Waals surface area (Å²) in [7, 11) is -4.60. The highest BCUT2D eigenvalue weighted by molar-refractivity contribution is 7.91. The molecule has 102 valence electrons. The zero-order chi connectivity index (χ0) is 14.5. The molecule has 1 amide bonds. The van der Waals surface area contributed by atoms with Crippen LogP contribution in [0.4, 0.5) is 8.78 Å². The van der Waals surface area contributed by atoms with Crippen LogP contribution in [0.25, 0.3) is 0 Å². The average molecular weight is 287 g/mol. The lowest BCUT2D eigenvalue weighted by atomic mass is 10.1. The number of sulfone groups is 1. The van der Waals surface area contributed by atoms with E-state index in [0.29, 0.717) is 5.56 Å². The average Bonchev–Trinajstić information content (AvgIpc) is 2.36. The van der Waals surface area contributed by atoms with Crippen LogP contribution in [0.3, 0.4) is 0 Å². The van der Waals surface area contributed by atoms with Crippen LogP contribution in [0.1, 0.15) is 5.56 Å². The molecular formula is C12H11F2NO3S. The molecule has 0 bridgehead atoms. The Labute approximate surface area is 109 Å². The number of halogens is 2. The number of nitrogens with one attached hydrogen (secondary N) is 1. The number of amides is 1. The van der Waals surface area contributed by atoms with Gasteiger partial charge in [-0.1, -0.05) is 18.1 Å². The number of benzene rings is 1.